The Balaban J connectivity index is 1.42. The molecule has 2 heterocycles. The number of ether oxygens (including phenoxy) is 1. The van der Waals surface area contributed by atoms with Crippen LogP contribution in [0.25, 0.3) is 0 Å². The van der Waals surface area contributed by atoms with Crippen LogP contribution in [0.5, 0.6) is 5.75 Å². The molecule has 0 spiro atoms. The minimum atomic E-state index is -1.05. The molecule has 0 radical (unpaired) electrons. The highest BCUT2D eigenvalue weighted by Gasteiger charge is 2.26. The summed E-state index contributed by atoms with van der Waals surface area (Å²) in [6.07, 6.45) is 2.66. The van der Waals surface area contributed by atoms with Gasteiger partial charge in [-0.05, 0) is 42.7 Å². The molecule has 0 aliphatic carbocycles. The Labute approximate surface area is 176 Å². The van der Waals surface area contributed by atoms with E-state index in [1.54, 1.807) is 6.07 Å². The first-order valence-corrected chi connectivity index (χ1v) is 10.5. The van der Waals surface area contributed by atoms with E-state index in [-0.39, 0.29) is 17.9 Å². The summed E-state index contributed by atoms with van der Waals surface area (Å²) in [5, 5.41) is 12.8. The highest BCUT2D eigenvalue weighted by atomic mass is 19.1. The third kappa shape index (κ3) is 5.70. The second kappa shape index (κ2) is 9.91. The Kier molecular flexibility index (Phi) is 7.29. The number of carboxylic acid groups (broad SMARTS) is 1. The fourth-order valence-corrected chi connectivity index (χ4v) is 3.77. The zero-order chi connectivity index (χ0) is 21.7. The van der Waals surface area contributed by atoms with Crippen molar-refractivity contribution in [2.75, 3.05) is 24.6 Å². The molecular formula is C22H30FN3O4. The monoisotopic (exact) mass is 419 g/mol. The molecule has 8 heteroatoms. The first-order chi connectivity index (χ1) is 14.3. The number of anilines is 1. The SMILES string of the molecule is CC(C)c1noc(N2CCC(C(C)CCOc3ccc(CC(=O)O)c(F)c3)CC2)n1. The molecule has 1 fully saturated rings. The Morgan fingerprint density at radius 3 is 2.67 bits per heavy atom. The van der Waals surface area contributed by atoms with Crippen molar-refractivity contribution in [3.63, 3.8) is 0 Å². The summed E-state index contributed by atoms with van der Waals surface area (Å²) >= 11 is 0. The maximum Gasteiger partial charge on any atom is 0.324 e. The molecule has 3 rings (SSSR count). The predicted molar refractivity (Wildman–Crippen MR) is 110 cm³/mol. The van der Waals surface area contributed by atoms with Gasteiger partial charge in [-0.1, -0.05) is 32.0 Å². The molecule has 1 aromatic heterocycles. The van der Waals surface area contributed by atoms with Gasteiger partial charge in [-0.2, -0.15) is 4.98 Å². The largest absolute Gasteiger partial charge is 0.493 e. The summed E-state index contributed by atoms with van der Waals surface area (Å²) in [5.41, 5.74) is 0.164. The van der Waals surface area contributed by atoms with Crippen LogP contribution in [0.1, 0.15) is 57.3 Å². The van der Waals surface area contributed by atoms with Crippen LogP contribution in [0, 0.1) is 17.7 Å². The van der Waals surface area contributed by atoms with E-state index in [4.69, 9.17) is 14.4 Å². The number of carboxylic acids is 1. The summed E-state index contributed by atoms with van der Waals surface area (Å²) in [5.74, 6) is 0.899. The number of nitrogens with zero attached hydrogens (tertiary/aromatic N) is 3. The number of aromatic nitrogens is 2. The molecule has 1 aliphatic heterocycles. The van der Waals surface area contributed by atoms with Gasteiger partial charge in [0.25, 0.3) is 0 Å². The molecule has 7 nitrogen and oxygen atoms in total. The van der Waals surface area contributed by atoms with Gasteiger partial charge in [-0.25, -0.2) is 4.39 Å². The molecule has 1 saturated heterocycles. The Morgan fingerprint density at radius 1 is 1.33 bits per heavy atom. The third-order valence-electron chi connectivity index (χ3n) is 5.77. The number of aliphatic carboxylic acids is 1. The highest BCUT2D eigenvalue weighted by Crippen LogP contribution is 2.30. The van der Waals surface area contributed by atoms with Gasteiger partial charge in [0.1, 0.15) is 11.6 Å². The van der Waals surface area contributed by atoms with Crippen molar-refractivity contribution in [2.24, 2.45) is 11.8 Å². The lowest BCUT2D eigenvalue weighted by molar-refractivity contribution is -0.136. The predicted octanol–water partition coefficient (Wildman–Crippen LogP) is 4.28. The van der Waals surface area contributed by atoms with Crippen LogP contribution in [0.2, 0.25) is 0 Å². The van der Waals surface area contributed by atoms with Crippen molar-refractivity contribution in [2.45, 2.75) is 52.4 Å². The van der Waals surface area contributed by atoms with E-state index in [1.807, 2.05) is 13.8 Å². The quantitative estimate of drug-likeness (QED) is 0.649. The summed E-state index contributed by atoms with van der Waals surface area (Å²) in [7, 11) is 0. The first kappa shape index (κ1) is 22.1. The molecule has 164 valence electrons. The average molecular weight is 419 g/mol. The lowest BCUT2D eigenvalue weighted by atomic mass is 9.84. The first-order valence-electron chi connectivity index (χ1n) is 10.5. The maximum atomic E-state index is 13.9. The average Bonchev–Trinajstić information content (AvgIpc) is 3.20. The van der Waals surface area contributed by atoms with Gasteiger partial charge in [0, 0.05) is 25.1 Å². The van der Waals surface area contributed by atoms with Gasteiger partial charge in [-0.3, -0.25) is 4.79 Å². The number of piperidine rings is 1. The lowest BCUT2D eigenvalue weighted by Gasteiger charge is -2.33. The minimum Gasteiger partial charge on any atom is -0.493 e. The number of hydrogen-bond donors (Lipinski definition) is 1. The number of rotatable bonds is 9. The van der Waals surface area contributed by atoms with E-state index in [0.717, 1.165) is 38.2 Å². The smallest absolute Gasteiger partial charge is 0.324 e. The zero-order valence-corrected chi connectivity index (χ0v) is 17.8. The molecule has 1 atom stereocenters. The summed E-state index contributed by atoms with van der Waals surface area (Å²) in [4.78, 5) is 17.4. The van der Waals surface area contributed by atoms with Crippen LogP contribution >= 0.6 is 0 Å². The molecule has 0 amide bonds. The molecule has 0 bridgehead atoms. The molecule has 1 unspecified atom stereocenters. The topological polar surface area (TPSA) is 88.7 Å². The number of halogens is 1. The van der Waals surface area contributed by atoms with E-state index < -0.39 is 11.8 Å². The molecule has 0 saturated carbocycles. The van der Waals surface area contributed by atoms with Gasteiger partial charge in [0.05, 0.1) is 13.0 Å². The minimum absolute atomic E-state index is 0.164. The Bertz CT molecular complexity index is 847. The second-order valence-corrected chi connectivity index (χ2v) is 8.35. The van der Waals surface area contributed by atoms with E-state index in [0.29, 0.717) is 30.2 Å². The fraction of sp³-hybridized carbons (Fsp3) is 0.591. The van der Waals surface area contributed by atoms with Gasteiger partial charge in [-0.15, -0.1) is 0 Å². The number of hydrogen-bond acceptors (Lipinski definition) is 6. The van der Waals surface area contributed by atoms with Gasteiger partial charge in [0.2, 0.25) is 0 Å². The van der Waals surface area contributed by atoms with Gasteiger partial charge < -0.3 is 19.3 Å². The summed E-state index contributed by atoms with van der Waals surface area (Å²) < 4.78 is 25.0. The number of benzene rings is 1. The Hall–Kier alpha value is -2.64. The normalized spacial score (nSPS) is 16.1. The van der Waals surface area contributed by atoms with E-state index >= 15 is 0 Å². The van der Waals surface area contributed by atoms with Crippen LogP contribution in [-0.4, -0.2) is 40.9 Å². The second-order valence-electron chi connectivity index (χ2n) is 8.35. The summed E-state index contributed by atoms with van der Waals surface area (Å²) in [6, 6.07) is 4.97. The molecule has 1 aromatic carbocycles. The molecule has 2 aromatic rings. The van der Waals surface area contributed by atoms with E-state index in [2.05, 4.69) is 22.0 Å². The number of carbonyl (C=O) groups is 1. The van der Waals surface area contributed by atoms with Crippen molar-refractivity contribution < 1.29 is 23.6 Å². The maximum absolute atomic E-state index is 13.9. The van der Waals surface area contributed by atoms with Crippen LogP contribution in [0.4, 0.5) is 10.4 Å². The molecular weight excluding hydrogens is 389 g/mol. The lowest BCUT2D eigenvalue weighted by Crippen LogP contribution is -2.36. The van der Waals surface area contributed by atoms with Crippen molar-refractivity contribution in [1.82, 2.24) is 10.1 Å². The van der Waals surface area contributed by atoms with Crippen molar-refractivity contribution >= 4 is 12.0 Å². The third-order valence-corrected chi connectivity index (χ3v) is 5.77. The van der Waals surface area contributed by atoms with Crippen LogP contribution in [0.3, 0.4) is 0 Å². The van der Waals surface area contributed by atoms with E-state index in [9.17, 15) is 9.18 Å². The molecule has 1 N–H and O–H groups in total. The van der Waals surface area contributed by atoms with Crippen LogP contribution in [-0.2, 0) is 11.2 Å². The fourth-order valence-electron chi connectivity index (χ4n) is 3.77. The highest BCUT2D eigenvalue weighted by molar-refractivity contribution is 5.70. The van der Waals surface area contributed by atoms with Crippen molar-refractivity contribution in [3.05, 3.63) is 35.4 Å². The van der Waals surface area contributed by atoms with Crippen molar-refractivity contribution in [1.29, 1.82) is 0 Å². The van der Waals surface area contributed by atoms with Gasteiger partial charge >= 0.3 is 12.0 Å². The zero-order valence-electron chi connectivity index (χ0n) is 17.8. The van der Waals surface area contributed by atoms with Crippen LogP contribution < -0.4 is 9.64 Å². The summed E-state index contributed by atoms with van der Waals surface area (Å²) in [6.45, 7) is 8.61. The van der Waals surface area contributed by atoms with E-state index in [1.165, 1.54) is 12.1 Å². The van der Waals surface area contributed by atoms with Crippen molar-refractivity contribution in [3.8, 4) is 5.75 Å². The molecule has 30 heavy (non-hydrogen) atoms. The standard InChI is InChI=1S/C22H30FN3O4/c1-14(2)21-24-22(30-25-21)26-9-6-16(7-10-26)15(3)8-11-29-18-5-4-17(12-20(27)28)19(23)13-18/h4-5,13-16H,6-12H2,1-3H3,(H,27,28). The van der Waals surface area contributed by atoms with Crippen LogP contribution in [0.15, 0.2) is 22.7 Å². The van der Waals surface area contributed by atoms with Gasteiger partial charge in [0.15, 0.2) is 5.82 Å². The molecule has 1 aliphatic rings. The Morgan fingerprint density at radius 2 is 2.07 bits per heavy atom.